The van der Waals surface area contributed by atoms with Crippen molar-refractivity contribution >= 4 is 50.8 Å². The average molecular weight is 462 g/mol. The van der Waals surface area contributed by atoms with Gasteiger partial charge in [0.15, 0.2) is 5.11 Å². The van der Waals surface area contributed by atoms with Crippen LogP contribution in [0.1, 0.15) is 12.0 Å². The molecular weight excluding hydrogens is 442 g/mol. The lowest BCUT2D eigenvalue weighted by atomic mass is 10.1. The van der Waals surface area contributed by atoms with Crippen LogP contribution in [-0.2, 0) is 16.1 Å². The fourth-order valence-corrected chi connectivity index (χ4v) is 3.55. The van der Waals surface area contributed by atoms with Gasteiger partial charge < -0.3 is 15.0 Å². The van der Waals surface area contributed by atoms with Crippen LogP contribution in [0.3, 0.4) is 0 Å². The third-order valence-corrected chi connectivity index (χ3v) is 5.58. The number of halogens is 1. The molecule has 0 spiro atoms. The quantitative estimate of drug-likeness (QED) is 0.667. The molecule has 2 aromatic carbocycles. The maximum Gasteiger partial charge on any atom is 0.251 e. The number of rotatable bonds is 6. The van der Waals surface area contributed by atoms with Crippen LogP contribution in [0.25, 0.3) is 0 Å². The van der Waals surface area contributed by atoms with E-state index in [0.717, 1.165) is 15.8 Å². The van der Waals surface area contributed by atoms with Crippen molar-refractivity contribution in [2.75, 3.05) is 19.5 Å². The second kappa shape index (κ2) is 8.70. The molecule has 1 aliphatic heterocycles. The molecule has 2 aromatic rings. The maximum absolute atomic E-state index is 12.6. The summed E-state index contributed by atoms with van der Waals surface area (Å²) in [6, 6.07) is 14.2. The van der Waals surface area contributed by atoms with Gasteiger partial charge in [0.05, 0.1) is 13.5 Å². The maximum atomic E-state index is 12.6. The summed E-state index contributed by atoms with van der Waals surface area (Å²) < 4.78 is 6.10. The number of ether oxygens (including phenoxy) is 1. The van der Waals surface area contributed by atoms with Gasteiger partial charge in [0.2, 0.25) is 5.91 Å². The van der Waals surface area contributed by atoms with Gasteiger partial charge in [-0.3, -0.25) is 14.5 Å². The number of benzene rings is 2. The minimum atomic E-state index is -0.630. The molecule has 0 saturated carbocycles. The van der Waals surface area contributed by atoms with Crippen LogP contribution >= 0.6 is 28.1 Å². The number of hydrogen-bond acceptors (Lipinski definition) is 4. The van der Waals surface area contributed by atoms with Crippen LogP contribution < -0.4 is 10.1 Å². The van der Waals surface area contributed by atoms with Crippen LogP contribution in [-0.4, -0.2) is 46.9 Å². The Kier molecular flexibility index (Phi) is 6.31. The van der Waals surface area contributed by atoms with Gasteiger partial charge in [0.25, 0.3) is 5.91 Å². The summed E-state index contributed by atoms with van der Waals surface area (Å²) in [5, 5.41) is 3.25. The van der Waals surface area contributed by atoms with Crippen molar-refractivity contribution in [3.05, 3.63) is 58.6 Å². The number of anilines is 1. The summed E-state index contributed by atoms with van der Waals surface area (Å²) in [6.45, 7) is 0.440. The molecule has 0 aliphatic carbocycles. The second-order valence-electron chi connectivity index (χ2n) is 6.43. The van der Waals surface area contributed by atoms with Crippen LogP contribution in [0.5, 0.6) is 5.75 Å². The van der Waals surface area contributed by atoms with Crippen LogP contribution in [0, 0.1) is 0 Å². The van der Waals surface area contributed by atoms with Crippen molar-refractivity contribution in [2.24, 2.45) is 0 Å². The van der Waals surface area contributed by atoms with E-state index >= 15 is 0 Å². The lowest BCUT2D eigenvalue weighted by Gasteiger charge is -2.23. The lowest BCUT2D eigenvalue weighted by molar-refractivity contribution is -0.130. The van der Waals surface area contributed by atoms with Crippen molar-refractivity contribution in [3.63, 3.8) is 0 Å². The van der Waals surface area contributed by atoms with Crippen molar-refractivity contribution in [1.29, 1.82) is 0 Å². The number of thiocarbonyl (C=S) groups is 1. The predicted octanol–water partition coefficient (Wildman–Crippen LogP) is 3.41. The Bertz CT molecular complexity index is 887. The highest BCUT2D eigenvalue weighted by Crippen LogP contribution is 2.24. The largest absolute Gasteiger partial charge is 0.497 e. The number of amides is 2. The first-order valence-electron chi connectivity index (χ1n) is 8.65. The van der Waals surface area contributed by atoms with Crippen LogP contribution in [0.2, 0.25) is 0 Å². The van der Waals surface area contributed by atoms with Crippen molar-refractivity contribution in [3.8, 4) is 5.75 Å². The van der Waals surface area contributed by atoms with E-state index in [0.29, 0.717) is 17.3 Å². The van der Waals surface area contributed by atoms with Gasteiger partial charge in [0, 0.05) is 23.8 Å². The molecular formula is C20H20BrN3O3S. The molecule has 8 heteroatoms. The lowest BCUT2D eigenvalue weighted by Crippen LogP contribution is -2.37. The van der Waals surface area contributed by atoms with Gasteiger partial charge in [-0.2, -0.15) is 0 Å². The highest BCUT2D eigenvalue weighted by Gasteiger charge is 2.41. The molecule has 0 bridgehead atoms. The Morgan fingerprint density at radius 1 is 1.18 bits per heavy atom. The molecule has 6 nitrogen and oxygen atoms in total. The minimum Gasteiger partial charge on any atom is -0.497 e. The fraction of sp³-hybridized carbons (Fsp3) is 0.250. The molecule has 1 heterocycles. The summed E-state index contributed by atoms with van der Waals surface area (Å²) in [6.07, 6.45) is 0.0233. The van der Waals surface area contributed by atoms with Crippen molar-refractivity contribution < 1.29 is 14.3 Å². The van der Waals surface area contributed by atoms with E-state index in [4.69, 9.17) is 17.0 Å². The normalized spacial score (nSPS) is 16.5. The molecule has 3 rings (SSSR count). The third kappa shape index (κ3) is 4.51. The van der Waals surface area contributed by atoms with E-state index < -0.39 is 6.04 Å². The zero-order valence-electron chi connectivity index (χ0n) is 15.5. The minimum absolute atomic E-state index is 0.0233. The summed E-state index contributed by atoms with van der Waals surface area (Å²) in [7, 11) is 3.25. The Labute approximate surface area is 177 Å². The van der Waals surface area contributed by atoms with Gasteiger partial charge in [-0.15, -0.1) is 0 Å². The molecule has 146 valence electrons. The molecule has 0 radical (unpaired) electrons. The van der Waals surface area contributed by atoms with Gasteiger partial charge in [-0.1, -0.05) is 28.1 Å². The predicted molar refractivity (Wildman–Crippen MR) is 115 cm³/mol. The standard InChI is InChI=1S/C20H20BrN3O3S/c1-23-19(26)17(11-18(25)22-15-7-5-14(21)6-8-15)24(20(23)28)12-13-3-9-16(27-2)10-4-13/h3-10,17H,11-12H2,1-2H3,(H,22,25). The number of nitrogens with zero attached hydrogens (tertiary/aromatic N) is 2. The Balaban J connectivity index is 1.72. The number of carbonyl (C=O) groups excluding carboxylic acids is 2. The van der Waals surface area contributed by atoms with Crippen molar-refractivity contribution in [1.82, 2.24) is 9.80 Å². The highest BCUT2D eigenvalue weighted by molar-refractivity contribution is 9.10. The number of nitrogens with one attached hydrogen (secondary N) is 1. The Morgan fingerprint density at radius 3 is 2.43 bits per heavy atom. The topological polar surface area (TPSA) is 61.9 Å². The average Bonchev–Trinajstić information content (AvgIpc) is 2.88. The van der Waals surface area contributed by atoms with E-state index in [2.05, 4.69) is 21.2 Å². The van der Waals surface area contributed by atoms with Crippen LogP contribution in [0.4, 0.5) is 5.69 Å². The smallest absolute Gasteiger partial charge is 0.251 e. The van der Waals surface area contributed by atoms with Gasteiger partial charge >= 0.3 is 0 Å². The second-order valence-corrected chi connectivity index (χ2v) is 7.71. The molecule has 1 atom stereocenters. The van der Waals surface area contributed by atoms with E-state index in [1.54, 1.807) is 31.2 Å². The van der Waals surface area contributed by atoms with Gasteiger partial charge in [-0.05, 0) is 54.2 Å². The van der Waals surface area contributed by atoms with Gasteiger partial charge in [0.1, 0.15) is 11.8 Å². The number of hydrogen-bond donors (Lipinski definition) is 1. The SMILES string of the molecule is COc1ccc(CN2C(=S)N(C)C(=O)C2CC(=O)Nc2ccc(Br)cc2)cc1. The summed E-state index contributed by atoms with van der Waals surface area (Å²) in [5.74, 6) is 0.342. The zero-order valence-corrected chi connectivity index (χ0v) is 17.9. The fourth-order valence-electron chi connectivity index (χ4n) is 3.00. The summed E-state index contributed by atoms with van der Waals surface area (Å²) >= 11 is 8.79. The Hall–Kier alpha value is -2.45. The molecule has 0 aromatic heterocycles. The summed E-state index contributed by atoms with van der Waals surface area (Å²) in [5.41, 5.74) is 1.65. The van der Waals surface area contributed by atoms with E-state index in [1.165, 1.54) is 4.90 Å². The summed E-state index contributed by atoms with van der Waals surface area (Å²) in [4.78, 5) is 28.4. The van der Waals surface area contributed by atoms with Crippen molar-refractivity contribution in [2.45, 2.75) is 19.0 Å². The van der Waals surface area contributed by atoms with E-state index in [-0.39, 0.29) is 18.2 Å². The highest BCUT2D eigenvalue weighted by atomic mass is 79.9. The third-order valence-electron chi connectivity index (χ3n) is 4.54. The van der Waals surface area contributed by atoms with E-state index in [1.807, 2.05) is 36.4 Å². The molecule has 1 aliphatic rings. The first-order valence-corrected chi connectivity index (χ1v) is 9.85. The molecule has 2 amide bonds. The van der Waals surface area contributed by atoms with E-state index in [9.17, 15) is 9.59 Å². The molecule has 1 saturated heterocycles. The molecule has 28 heavy (non-hydrogen) atoms. The molecule has 1 N–H and O–H groups in total. The monoisotopic (exact) mass is 461 g/mol. The zero-order chi connectivity index (χ0) is 20.3. The molecule has 1 unspecified atom stereocenters. The van der Waals surface area contributed by atoms with Crippen LogP contribution in [0.15, 0.2) is 53.0 Å². The first-order chi connectivity index (χ1) is 13.4. The number of methoxy groups -OCH3 is 1. The first kappa shape index (κ1) is 20.3. The number of carbonyl (C=O) groups is 2. The Morgan fingerprint density at radius 2 is 1.82 bits per heavy atom. The molecule has 1 fully saturated rings. The number of likely N-dealkylation sites (N-methyl/N-ethyl adjacent to an activating group) is 1. The van der Waals surface area contributed by atoms with Gasteiger partial charge in [-0.25, -0.2) is 0 Å².